The number of benzene rings is 3. The van der Waals surface area contributed by atoms with Gasteiger partial charge >= 0.3 is 12.0 Å². The van der Waals surface area contributed by atoms with E-state index in [0.29, 0.717) is 29.8 Å². The summed E-state index contributed by atoms with van der Waals surface area (Å²) in [4.78, 5) is 36.4. The molecule has 0 aromatic heterocycles. The molecule has 0 saturated heterocycles. The number of aryl methyl sites for hydroxylation is 1. The van der Waals surface area contributed by atoms with Crippen molar-refractivity contribution in [3.8, 4) is 11.1 Å². The summed E-state index contributed by atoms with van der Waals surface area (Å²) < 4.78 is 5.39. The van der Waals surface area contributed by atoms with Crippen LogP contribution in [0, 0.1) is 0 Å². The molecule has 3 aromatic rings. The van der Waals surface area contributed by atoms with E-state index in [-0.39, 0.29) is 18.2 Å². The van der Waals surface area contributed by atoms with Crippen LogP contribution in [0.1, 0.15) is 28.8 Å². The highest BCUT2D eigenvalue weighted by atomic mass is 16.5. The van der Waals surface area contributed by atoms with Gasteiger partial charge in [-0.15, -0.1) is 0 Å². The van der Waals surface area contributed by atoms with Crippen LogP contribution in [0.5, 0.6) is 0 Å². The first-order valence-electron chi connectivity index (χ1n) is 10.6. The number of aliphatic carboxylic acids is 1. The molecular weight excluding hydrogens is 420 g/mol. The van der Waals surface area contributed by atoms with E-state index in [1.165, 1.54) is 7.11 Å². The number of carbonyl (C=O) groups is 3. The maximum absolute atomic E-state index is 13.0. The summed E-state index contributed by atoms with van der Waals surface area (Å²) in [6.45, 7) is 0. The van der Waals surface area contributed by atoms with Gasteiger partial charge in [-0.2, -0.15) is 0 Å². The van der Waals surface area contributed by atoms with Crippen LogP contribution in [0.2, 0.25) is 0 Å². The monoisotopic (exact) mass is 444 g/mol. The van der Waals surface area contributed by atoms with E-state index in [1.54, 1.807) is 6.07 Å². The molecule has 1 aliphatic rings. The number of nitrogens with one attached hydrogen (secondary N) is 2. The molecule has 1 atom stereocenters. The van der Waals surface area contributed by atoms with E-state index in [0.717, 1.165) is 16.7 Å². The lowest BCUT2D eigenvalue weighted by Gasteiger charge is -2.34. The Labute approximate surface area is 191 Å². The van der Waals surface area contributed by atoms with Crippen LogP contribution >= 0.6 is 0 Å². The number of ketones is 1. The largest absolute Gasteiger partial charge is 0.481 e. The zero-order chi connectivity index (χ0) is 23.4. The lowest BCUT2D eigenvalue weighted by molar-refractivity contribution is -0.142. The SMILES string of the molecule is COC1(CC(=O)O)CCc2cc(-c3ccc(NC(=O)Nc4ccccc4)cc3)ccc2C1=O. The Kier molecular flexibility index (Phi) is 6.24. The van der Waals surface area contributed by atoms with Crippen LogP contribution in [0.25, 0.3) is 11.1 Å². The van der Waals surface area contributed by atoms with Gasteiger partial charge in [0.2, 0.25) is 0 Å². The number of carbonyl (C=O) groups excluding carboxylic acids is 2. The van der Waals surface area contributed by atoms with Crippen LogP contribution in [-0.2, 0) is 16.0 Å². The minimum Gasteiger partial charge on any atom is -0.481 e. The molecule has 1 aliphatic carbocycles. The van der Waals surface area contributed by atoms with Gasteiger partial charge in [0.1, 0.15) is 5.60 Å². The van der Waals surface area contributed by atoms with Crippen LogP contribution in [0.15, 0.2) is 72.8 Å². The number of fused-ring (bicyclic) bond motifs is 1. The van der Waals surface area contributed by atoms with E-state index >= 15 is 0 Å². The Morgan fingerprint density at radius 1 is 0.939 bits per heavy atom. The molecular formula is C26H24N2O5. The molecule has 0 heterocycles. The van der Waals surface area contributed by atoms with Crippen molar-refractivity contribution in [2.75, 3.05) is 17.7 Å². The molecule has 7 nitrogen and oxygen atoms in total. The molecule has 168 valence electrons. The highest BCUT2D eigenvalue weighted by Crippen LogP contribution is 2.36. The summed E-state index contributed by atoms with van der Waals surface area (Å²) in [6, 6.07) is 21.8. The van der Waals surface area contributed by atoms with Crippen LogP contribution < -0.4 is 10.6 Å². The number of amides is 2. The molecule has 2 amide bonds. The molecule has 0 saturated carbocycles. The molecule has 3 aromatic carbocycles. The van der Waals surface area contributed by atoms with Crippen molar-refractivity contribution >= 4 is 29.2 Å². The number of carboxylic acids is 1. The van der Waals surface area contributed by atoms with Gasteiger partial charge < -0.3 is 20.5 Å². The molecule has 0 bridgehead atoms. The van der Waals surface area contributed by atoms with Gasteiger partial charge in [0, 0.05) is 24.0 Å². The highest BCUT2D eigenvalue weighted by Gasteiger charge is 2.44. The Bertz CT molecular complexity index is 1190. The molecule has 3 N–H and O–H groups in total. The number of urea groups is 1. The van der Waals surface area contributed by atoms with Crippen molar-refractivity contribution in [1.29, 1.82) is 0 Å². The van der Waals surface area contributed by atoms with Crippen LogP contribution in [0.3, 0.4) is 0 Å². The number of hydrogen-bond acceptors (Lipinski definition) is 4. The summed E-state index contributed by atoms with van der Waals surface area (Å²) in [5.74, 6) is -1.35. The number of anilines is 2. The third-order valence-corrected chi connectivity index (χ3v) is 5.90. The molecule has 7 heteroatoms. The number of carboxylic acid groups (broad SMARTS) is 1. The van der Waals surface area contributed by atoms with Gasteiger partial charge in [0.05, 0.1) is 6.42 Å². The fraction of sp³-hybridized carbons (Fsp3) is 0.192. The van der Waals surface area contributed by atoms with Crippen molar-refractivity contribution in [2.45, 2.75) is 24.9 Å². The first-order valence-corrected chi connectivity index (χ1v) is 10.6. The fourth-order valence-electron chi connectivity index (χ4n) is 4.14. The summed E-state index contributed by atoms with van der Waals surface area (Å²) in [6.07, 6.45) is 0.523. The smallest absolute Gasteiger partial charge is 0.323 e. The first-order chi connectivity index (χ1) is 15.9. The van der Waals surface area contributed by atoms with Crippen molar-refractivity contribution in [3.63, 3.8) is 0 Å². The average molecular weight is 444 g/mol. The normalized spacial score (nSPS) is 17.2. The predicted molar refractivity (Wildman–Crippen MR) is 126 cm³/mol. The van der Waals surface area contributed by atoms with Gasteiger partial charge in [-0.3, -0.25) is 9.59 Å². The van der Waals surface area contributed by atoms with Gasteiger partial charge in [0.25, 0.3) is 0 Å². The maximum Gasteiger partial charge on any atom is 0.323 e. The lowest BCUT2D eigenvalue weighted by atomic mass is 9.76. The van der Waals surface area contributed by atoms with Crippen LogP contribution in [0.4, 0.5) is 16.2 Å². The first kappa shape index (κ1) is 22.2. The molecule has 0 fully saturated rings. The van der Waals surface area contributed by atoms with Crippen molar-refractivity contribution in [1.82, 2.24) is 0 Å². The standard InChI is InChI=1S/C26H24N2O5/c1-33-26(16-23(29)30)14-13-19-15-18(9-12-22(19)24(26)31)17-7-10-21(11-8-17)28-25(32)27-20-5-3-2-4-6-20/h2-12,15H,13-14,16H2,1H3,(H,29,30)(H2,27,28,32). The lowest BCUT2D eigenvalue weighted by Crippen LogP contribution is -2.46. The molecule has 4 rings (SSSR count). The summed E-state index contributed by atoms with van der Waals surface area (Å²) in [5.41, 5.74) is 3.30. The highest BCUT2D eigenvalue weighted by molar-refractivity contribution is 6.06. The zero-order valence-electron chi connectivity index (χ0n) is 18.1. The number of para-hydroxylation sites is 1. The molecule has 33 heavy (non-hydrogen) atoms. The molecule has 1 unspecified atom stereocenters. The Hall–Kier alpha value is -3.97. The minimum atomic E-state index is -1.31. The van der Waals surface area contributed by atoms with Gasteiger partial charge in [0.15, 0.2) is 5.78 Å². The topological polar surface area (TPSA) is 105 Å². The fourth-order valence-corrected chi connectivity index (χ4v) is 4.14. The number of hydrogen-bond donors (Lipinski definition) is 3. The molecule has 0 spiro atoms. The summed E-state index contributed by atoms with van der Waals surface area (Å²) in [7, 11) is 1.38. The zero-order valence-corrected chi connectivity index (χ0v) is 18.1. The third-order valence-electron chi connectivity index (χ3n) is 5.90. The van der Waals surface area contributed by atoms with Crippen molar-refractivity contribution in [2.24, 2.45) is 0 Å². The predicted octanol–water partition coefficient (Wildman–Crippen LogP) is 4.99. The third kappa shape index (κ3) is 4.78. The Morgan fingerprint density at radius 3 is 2.21 bits per heavy atom. The van der Waals surface area contributed by atoms with E-state index < -0.39 is 11.6 Å². The second kappa shape index (κ2) is 9.26. The second-order valence-corrected chi connectivity index (χ2v) is 7.99. The summed E-state index contributed by atoms with van der Waals surface area (Å²) >= 11 is 0. The number of Topliss-reactive ketones (excluding diaryl/α,β-unsaturated/α-hetero) is 1. The van der Waals surface area contributed by atoms with E-state index in [2.05, 4.69) is 10.6 Å². The minimum absolute atomic E-state index is 0.288. The van der Waals surface area contributed by atoms with Crippen molar-refractivity contribution < 1.29 is 24.2 Å². The van der Waals surface area contributed by atoms with Gasteiger partial charge in [-0.05, 0) is 53.8 Å². The summed E-state index contributed by atoms with van der Waals surface area (Å²) in [5, 5.41) is 14.8. The number of ether oxygens (including phenoxy) is 1. The molecule has 0 aliphatic heterocycles. The van der Waals surface area contributed by atoms with E-state index in [4.69, 9.17) is 4.74 Å². The van der Waals surface area contributed by atoms with Crippen molar-refractivity contribution in [3.05, 3.63) is 83.9 Å². The second-order valence-electron chi connectivity index (χ2n) is 7.99. The van der Waals surface area contributed by atoms with Crippen LogP contribution in [-0.4, -0.2) is 35.6 Å². The number of methoxy groups -OCH3 is 1. The average Bonchev–Trinajstić information content (AvgIpc) is 2.81. The Balaban J connectivity index is 1.48. The molecule has 0 radical (unpaired) electrons. The van der Waals surface area contributed by atoms with Gasteiger partial charge in [-0.25, -0.2) is 4.79 Å². The Morgan fingerprint density at radius 2 is 1.58 bits per heavy atom. The van der Waals surface area contributed by atoms with E-state index in [1.807, 2.05) is 66.7 Å². The maximum atomic E-state index is 13.0. The van der Waals surface area contributed by atoms with E-state index in [9.17, 15) is 19.5 Å². The quantitative estimate of drug-likeness (QED) is 0.497. The van der Waals surface area contributed by atoms with Gasteiger partial charge in [-0.1, -0.05) is 48.5 Å². The number of rotatable bonds is 6.